The maximum absolute atomic E-state index is 11.5. The number of amides is 1. The van der Waals surface area contributed by atoms with Gasteiger partial charge in [0, 0.05) is 17.5 Å². The molecule has 0 aliphatic rings. The molecular formula is C13H19NO2S. The average Bonchev–Trinajstić information content (AvgIpc) is 2.70. The van der Waals surface area contributed by atoms with Gasteiger partial charge in [0.1, 0.15) is 0 Å². The van der Waals surface area contributed by atoms with Crippen molar-refractivity contribution in [1.29, 1.82) is 0 Å². The van der Waals surface area contributed by atoms with E-state index in [-0.39, 0.29) is 12.5 Å². The molecule has 0 saturated carbocycles. The first-order valence-electron chi connectivity index (χ1n) is 5.67. The fourth-order valence-corrected chi connectivity index (χ4v) is 1.99. The molecule has 1 heterocycles. The number of rotatable bonds is 5. The van der Waals surface area contributed by atoms with E-state index in [1.807, 2.05) is 25.3 Å². The van der Waals surface area contributed by atoms with Crippen LogP contribution in [-0.4, -0.2) is 23.2 Å². The van der Waals surface area contributed by atoms with Gasteiger partial charge in [-0.25, -0.2) is 0 Å². The van der Waals surface area contributed by atoms with Crippen LogP contribution in [0.1, 0.15) is 30.7 Å². The fourth-order valence-electron chi connectivity index (χ4n) is 1.17. The molecule has 1 aromatic heterocycles. The van der Waals surface area contributed by atoms with Gasteiger partial charge in [-0.15, -0.1) is 11.3 Å². The number of hydrogen-bond acceptors (Lipinski definition) is 3. The highest BCUT2D eigenvalue weighted by Crippen LogP contribution is 2.16. The summed E-state index contributed by atoms with van der Waals surface area (Å²) in [4.78, 5) is 12.6. The van der Waals surface area contributed by atoms with E-state index >= 15 is 0 Å². The van der Waals surface area contributed by atoms with Crippen LogP contribution >= 0.6 is 11.3 Å². The average molecular weight is 253 g/mol. The lowest BCUT2D eigenvalue weighted by molar-refractivity contribution is -0.117. The third-order valence-electron chi connectivity index (χ3n) is 2.69. The van der Waals surface area contributed by atoms with E-state index in [2.05, 4.69) is 5.32 Å². The number of nitrogens with one attached hydrogen (secondary N) is 1. The maximum atomic E-state index is 11.5. The second kappa shape index (κ2) is 5.98. The molecule has 1 aromatic rings. The van der Waals surface area contributed by atoms with Crippen LogP contribution in [0.25, 0.3) is 6.08 Å². The van der Waals surface area contributed by atoms with Crippen molar-refractivity contribution in [1.82, 2.24) is 5.32 Å². The molecule has 1 unspecified atom stereocenters. The quantitative estimate of drug-likeness (QED) is 0.791. The molecule has 0 aliphatic carbocycles. The van der Waals surface area contributed by atoms with Crippen LogP contribution in [0.4, 0.5) is 0 Å². The van der Waals surface area contributed by atoms with Gasteiger partial charge in [0.25, 0.3) is 0 Å². The normalized spacial score (nSPS) is 14.8. The summed E-state index contributed by atoms with van der Waals surface area (Å²) in [5.74, 6) is -0.175. The van der Waals surface area contributed by atoms with Gasteiger partial charge < -0.3 is 10.4 Å². The van der Waals surface area contributed by atoms with Gasteiger partial charge in [0.05, 0.1) is 5.60 Å². The monoisotopic (exact) mass is 253 g/mol. The summed E-state index contributed by atoms with van der Waals surface area (Å²) in [6.07, 6.45) is 3.92. The number of carbonyl (C=O) groups is 1. The number of hydrogen-bond donors (Lipinski definition) is 2. The molecule has 0 spiro atoms. The van der Waals surface area contributed by atoms with Crippen LogP contribution < -0.4 is 5.32 Å². The van der Waals surface area contributed by atoms with Crippen molar-refractivity contribution in [3.63, 3.8) is 0 Å². The molecular weight excluding hydrogens is 234 g/mol. The molecule has 3 nitrogen and oxygen atoms in total. The van der Waals surface area contributed by atoms with Crippen LogP contribution in [-0.2, 0) is 4.79 Å². The summed E-state index contributed by atoms with van der Waals surface area (Å²) in [5, 5.41) is 14.4. The van der Waals surface area contributed by atoms with E-state index in [0.29, 0.717) is 6.42 Å². The van der Waals surface area contributed by atoms with Crippen molar-refractivity contribution < 1.29 is 9.90 Å². The lowest BCUT2D eigenvalue weighted by Gasteiger charge is -2.20. The number of aliphatic hydroxyl groups is 1. The van der Waals surface area contributed by atoms with E-state index in [1.54, 1.807) is 24.3 Å². The van der Waals surface area contributed by atoms with Crippen LogP contribution in [0.3, 0.4) is 0 Å². The van der Waals surface area contributed by atoms with Gasteiger partial charge in [-0.2, -0.15) is 0 Å². The van der Waals surface area contributed by atoms with Crippen molar-refractivity contribution in [2.75, 3.05) is 6.54 Å². The van der Waals surface area contributed by atoms with Crippen LogP contribution in [0, 0.1) is 6.92 Å². The van der Waals surface area contributed by atoms with E-state index in [0.717, 1.165) is 4.88 Å². The summed E-state index contributed by atoms with van der Waals surface area (Å²) in [6.45, 7) is 5.88. The molecule has 0 fully saturated rings. The fraction of sp³-hybridized carbons (Fsp3) is 0.462. The highest BCUT2D eigenvalue weighted by atomic mass is 32.1. The molecule has 0 saturated heterocycles. The molecule has 1 rings (SSSR count). The van der Waals surface area contributed by atoms with E-state index in [4.69, 9.17) is 0 Å². The second-order valence-corrected chi connectivity index (χ2v) is 5.32. The highest BCUT2D eigenvalue weighted by Gasteiger charge is 2.17. The van der Waals surface area contributed by atoms with Gasteiger partial charge >= 0.3 is 0 Å². The first kappa shape index (κ1) is 13.9. The minimum absolute atomic E-state index is 0.175. The first-order chi connectivity index (χ1) is 7.94. The summed E-state index contributed by atoms with van der Waals surface area (Å²) in [7, 11) is 0. The Morgan fingerprint density at radius 3 is 2.88 bits per heavy atom. The minimum atomic E-state index is -0.831. The predicted octanol–water partition coefficient (Wildman–Crippen LogP) is 2.35. The van der Waals surface area contributed by atoms with Gasteiger partial charge in [-0.1, -0.05) is 6.92 Å². The molecule has 2 N–H and O–H groups in total. The van der Waals surface area contributed by atoms with E-state index in [1.165, 1.54) is 11.6 Å². The highest BCUT2D eigenvalue weighted by molar-refractivity contribution is 7.11. The van der Waals surface area contributed by atoms with Crippen LogP contribution in [0.15, 0.2) is 17.5 Å². The van der Waals surface area contributed by atoms with Crippen LogP contribution in [0.2, 0.25) is 0 Å². The van der Waals surface area contributed by atoms with Crippen LogP contribution in [0.5, 0.6) is 0 Å². The Balaban J connectivity index is 2.46. The summed E-state index contributed by atoms with van der Waals surface area (Å²) < 4.78 is 0. The van der Waals surface area contributed by atoms with E-state index < -0.39 is 5.60 Å². The molecule has 0 aromatic carbocycles. The summed E-state index contributed by atoms with van der Waals surface area (Å²) in [6, 6.07) is 2.02. The molecule has 1 atom stereocenters. The Kier molecular flexibility index (Phi) is 4.90. The van der Waals surface area contributed by atoms with Crippen molar-refractivity contribution in [3.05, 3.63) is 28.0 Å². The number of carbonyl (C=O) groups excluding carboxylic acids is 1. The number of aryl methyl sites for hydroxylation is 1. The summed E-state index contributed by atoms with van der Waals surface area (Å²) in [5.41, 5.74) is 0.335. The lowest BCUT2D eigenvalue weighted by atomic mass is 10.0. The molecule has 17 heavy (non-hydrogen) atoms. The van der Waals surface area contributed by atoms with Crippen molar-refractivity contribution in [3.8, 4) is 0 Å². The van der Waals surface area contributed by atoms with Gasteiger partial charge in [-0.05, 0) is 43.4 Å². The van der Waals surface area contributed by atoms with Crippen molar-refractivity contribution in [2.45, 2.75) is 32.8 Å². The first-order valence-corrected chi connectivity index (χ1v) is 6.55. The molecule has 94 valence electrons. The lowest BCUT2D eigenvalue weighted by Crippen LogP contribution is -2.39. The van der Waals surface area contributed by atoms with Gasteiger partial charge in [0.2, 0.25) is 5.91 Å². The molecule has 0 bridgehead atoms. The third kappa shape index (κ3) is 4.71. The predicted molar refractivity (Wildman–Crippen MR) is 72.0 cm³/mol. The standard InChI is InChI=1S/C13H19NO2S/c1-4-13(3,16)9-14-12(15)6-5-11-10(2)7-8-17-11/h5-8,16H,4,9H2,1-3H3,(H,14,15). The smallest absolute Gasteiger partial charge is 0.244 e. The molecule has 4 heteroatoms. The van der Waals surface area contributed by atoms with Crippen molar-refractivity contribution in [2.24, 2.45) is 0 Å². The Labute approximate surface area is 106 Å². The maximum Gasteiger partial charge on any atom is 0.244 e. The molecule has 0 radical (unpaired) electrons. The Morgan fingerprint density at radius 2 is 2.35 bits per heavy atom. The zero-order valence-corrected chi connectivity index (χ0v) is 11.3. The Bertz CT molecular complexity index is 407. The molecule has 1 amide bonds. The Morgan fingerprint density at radius 1 is 1.65 bits per heavy atom. The minimum Gasteiger partial charge on any atom is -0.388 e. The van der Waals surface area contributed by atoms with Gasteiger partial charge in [-0.3, -0.25) is 4.79 Å². The van der Waals surface area contributed by atoms with E-state index in [9.17, 15) is 9.90 Å². The molecule has 0 aliphatic heterocycles. The SMILES string of the molecule is CCC(C)(O)CNC(=O)C=Cc1sccc1C. The van der Waals surface area contributed by atoms with Gasteiger partial charge in [0.15, 0.2) is 0 Å². The number of thiophene rings is 1. The Hall–Kier alpha value is -1.13. The zero-order valence-electron chi connectivity index (χ0n) is 10.5. The third-order valence-corrected chi connectivity index (χ3v) is 3.68. The van der Waals surface area contributed by atoms with Crippen molar-refractivity contribution >= 4 is 23.3 Å². The zero-order chi connectivity index (χ0) is 12.9. The second-order valence-electron chi connectivity index (χ2n) is 4.37. The topological polar surface area (TPSA) is 49.3 Å². The summed E-state index contributed by atoms with van der Waals surface area (Å²) >= 11 is 1.60. The largest absolute Gasteiger partial charge is 0.388 e.